The van der Waals surface area contributed by atoms with Crippen molar-refractivity contribution in [3.05, 3.63) is 60.2 Å². The molecule has 1 atom stereocenters. The molecule has 3 rings (SSSR count). The normalized spacial score (nSPS) is 15.5. The van der Waals surface area contributed by atoms with Crippen LogP contribution in [0.25, 0.3) is 0 Å². The molecule has 0 radical (unpaired) electrons. The lowest BCUT2D eigenvalue weighted by Gasteiger charge is -2.16. The van der Waals surface area contributed by atoms with Crippen molar-refractivity contribution in [2.45, 2.75) is 19.8 Å². The van der Waals surface area contributed by atoms with E-state index in [1.54, 1.807) is 29.2 Å². The predicted octanol–water partition coefficient (Wildman–Crippen LogP) is 2.22. The first-order valence-electron chi connectivity index (χ1n) is 10.1. The van der Waals surface area contributed by atoms with E-state index in [-0.39, 0.29) is 18.2 Å². The number of carbonyl (C=O) groups excluding carboxylic acids is 4. The maximum atomic E-state index is 12.3. The molecular formula is C23H25N3O5. The smallest absolute Gasteiger partial charge is 0.311 e. The Kier molecular flexibility index (Phi) is 7.37. The van der Waals surface area contributed by atoms with E-state index in [0.717, 1.165) is 12.0 Å². The number of esters is 1. The molecule has 1 fully saturated rings. The molecule has 1 heterocycles. The quantitative estimate of drug-likeness (QED) is 0.634. The van der Waals surface area contributed by atoms with Crippen LogP contribution in [0.15, 0.2) is 54.6 Å². The lowest BCUT2D eigenvalue weighted by Crippen LogP contribution is -2.29. The average Bonchev–Trinajstić information content (AvgIpc) is 3.13. The van der Waals surface area contributed by atoms with Crippen LogP contribution in [0.1, 0.15) is 18.9 Å². The number of nitrogens with one attached hydrogen (secondary N) is 2. The number of hydrogen-bond acceptors (Lipinski definition) is 5. The number of carbonyl (C=O) groups is 4. The summed E-state index contributed by atoms with van der Waals surface area (Å²) in [6.45, 7) is 1.82. The van der Waals surface area contributed by atoms with Crippen LogP contribution in [-0.2, 0) is 30.3 Å². The van der Waals surface area contributed by atoms with Crippen molar-refractivity contribution >= 4 is 35.1 Å². The van der Waals surface area contributed by atoms with Gasteiger partial charge in [-0.3, -0.25) is 19.2 Å². The van der Waals surface area contributed by atoms with Crippen LogP contribution in [0.2, 0.25) is 0 Å². The van der Waals surface area contributed by atoms with E-state index in [2.05, 4.69) is 10.6 Å². The Morgan fingerprint density at radius 2 is 1.65 bits per heavy atom. The highest BCUT2D eigenvalue weighted by Crippen LogP contribution is 2.20. The van der Waals surface area contributed by atoms with Crippen molar-refractivity contribution in [3.8, 4) is 0 Å². The molecule has 0 unspecified atom stereocenters. The number of hydrogen-bond donors (Lipinski definition) is 2. The molecular weight excluding hydrogens is 398 g/mol. The van der Waals surface area contributed by atoms with Gasteiger partial charge in [0.1, 0.15) is 0 Å². The van der Waals surface area contributed by atoms with Crippen LogP contribution in [0.4, 0.5) is 11.4 Å². The first kappa shape index (κ1) is 22.0. The lowest BCUT2D eigenvalue weighted by molar-refractivity contribution is -0.151. The number of rotatable bonds is 8. The van der Waals surface area contributed by atoms with Crippen LogP contribution in [0.3, 0.4) is 0 Å². The zero-order valence-corrected chi connectivity index (χ0v) is 17.3. The van der Waals surface area contributed by atoms with E-state index < -0.39 is 24.4 Å². The number of benzene rings is 2. The first-order chi connectivity index (χ1) is 14.9. The molecule has 2 aromatic rings. The topological polar surface area (TPSA) is 105 Å². The molecule has 8 heteroatoms. The minimum Gasteiger partial charge on any atom is -0.455 e. The van der Waals surface area contributed by atoms with E-state index in [1.807, 2.05) is 30.3 Å². The number of anilines is 2. The second kappa shape index (κ2) is 10.4. The fraction of sp³-hybridized carbons (Fsp3) is 0.304. The molecule has 0 aliphatic carbocycles. The second-order valence-electron chi connectivity index (χ2n) is 7.39. The molecule has 3 amide bonds. The minimum atomic E-state index is -0.562. The van der Waals surface area contributed by atoms with Crippen LogP contribution in [0.5, 0.6) is 0 Å². The molecule has 162 valence electrons. The van der Waals surface area contributed by atoms with Crippen molar-refractivity contribution in [2.75, 3.05) is 30.3 Å². The van der Waals surface area contributed by atoms with Gasteiger partial charge in [-0.2, -0.15) is 0 Å². The van der Waals surface area contributed by atoms with Gasteiger partial charge in [0.25, 0.3) is 5.91 Å². The van der Waals surface area contributed by atoms with Crippen LogP contribution >= 0.6 is 0 Å². The van der Waals surface area contributed by atoms with E-state index in [0.29, 0.717) is 24.5 Å². The summed E-state index contributed by atoms with van der Waals surface area (Å²) in [5.74, 6) is -1.86. The van der Waals surface area contributed by atoms with Gasteiger partial charge in [-0.05, 0) is 36.2 Å². The molecule has 1 aliphatic rings. The summed E-state index contributed by atoms with van der Waals surface area (Å²) >= 11 is 0. The molecule has 1 aliphatic heterocycles. The SMILES string of the molecule is CC(=O)Nc1ccc(NC(=O)COC(=O)[C@H]2CC(=O)N(CCc3ccccc3)C2)cc1. The molecule has 0 saturated carbocycles. The summed E-state index contributed by atoms with van der Waals surface area (Å²) in [5, 5.41) is 5.25. The van der Waals surface area contributed by atoms with Crippen molar-refractivity contribution < 1.29 is 23.9 Å². The van der Waals surface area contributed by atoms with Crippen LogP contribution < -0.4 is 10.6 Å². The van der Waals surface area contributed by atoms with Crippen LogP contribution in [0, 0.1) is 5.92 Å². The Morgan fingerprint density at radius 1 is 1.00 bits per heavy atom. The van der Waals surface area contributed by atoms with Crippen molar-refractivity contribution in [2.24, 2.45) is 5.92 Å². The number of ether oxygens (including phenoxy) is 1. The Hall–Kier alpha value is -3.68. The van der Waals surface area contributed by atoms with E-state index in [1.165, 1.54) is 6.92 Å². The maximum Gasteiger partial charge on any atom is 0.311 e. The Bertz CT molecular complexity index is 943. The van der Waals surface area contributed by atoms with Gasteiger partial charge in [0.2, 0.25) is 11.8 Å². The van der Waals surface area contributed by atoms with E-state index in [4.69, 9.17) is 4.74 Å². The summed E-state index contributed by atoms with van der Waals surface area (Å²) in [7, 11) is 0. The van der Waals surface area contributed by atoms with Crippen molar-refractivity contribution in [1.29, 1.82) is 0 Å². The summed E-state index contributed by atoms with van der Waals surface area (Å²) in [6, 6.07) is 16.4. The molecule has 0 aromatic heterocycles. The van der Waals surface area contributed by atoms with Gasteiger partial charge in [0.15, 0.2) is 6.61 Å². The molecule has 31 heavy (non-hydrogen) atoms. The maximum absolute atomic E-state index is 12.3. The zero-order valence-electron chi connectivity index (χ0n) is 17.3. The van der Waals surface area contributed by atoms with Crippen molar-refractivity contribution in [1.82, 2.24) is 4.90 Å². The summed E-state index contributed by atoms with van der Waals surface area (Å²) < 4.78 is 5.11. The third-order valence-electron chi connectivity index (χ3n) is 4.90. The highest BCUT2D eigenvalue weighted by atomic mass is 16.5. The van der Waals surface area contributed by atoms with Gasteiger partial charge < -0.3 is 20.3 Å². The van der Waals surface area contributed by atoms with Gasteiger partial charge in [0.05, 0.1) is 5.92 Å². The van der Waals surface area contributed by atoms with Gasteiger partial charge >= 0.3 is 5.97 Å². The highest BCUT2D eigenvalue weighted by molar-refractivity contribution is 5.94. The van der Waals surface area contributed by atoms with Gasteiger partial charge in [0, 0.05) is 37.8 Å². The Balaban J connectivity index is 1.41. The van der Waals surface area contributed by atoms with Crippen molar-refractivity contribution in [3.63, 3.8) is 0 Å². The molecule has 8 nitrogen and oxygen atoms in total. The van der Waals surface area contributed by atoms with Gasteiger partial charge in [-0.15, -0.1) is 0 Å². The molecule has 2 aromatic carbocycles. The lowest BCUT2D eigenvalue weighted by atomic mass is 10.1. The minimum absolute atomic E-state index is 0.0819. The monoisotopic (exact) mass is 423 g/mol. The van der Waals surface area contributed by atoms with Gasteiger partial charge in [-0.1, -0.05) is 30.3 Å². The second-order valence-corrected chi connectivity index (χ2v) is 7.39. The molecule has 0 spiro atoms. The van der Waals surface area contributed by atoms with Crippen LogP contribution in [-0.4, -0.2) is 48.3 Å². The number of amides is 3. The Labute approximate surface area is 180 Å². The van der Waals surface area contributed by atoms with Gasteiger partial charge in [-0.25, -0.2) is 0 Å². The third kappa shape index (κ3) is 6.67. The third-order valence-corrected chi connectivity index (χ3v) is 4.90. The summed E-state index contributed by atoms with van der Waals surface area (Å²) in [4.78, 5) is 49.2. The Morgan fingerprint density at radius 3 is 2.29 bits per heavy atom. The predicted molar refractivity (Wildman–Crippen MR) is 115 cm³/mol. The highest BCUT2D eigenvalue weighted by Gasteiger charge is 2.35. The average molecular weight is 423 g/mol. The van der Waals surface area contributed by atoms with E-state index in [9.17, 15) is 19.2 Å². The molecule has 1 saturated heterocycles. The largest absolute Gasteiger partial charge is 0.455 e. The fourth-order valence-corrected chi connectivity index (χ4v) is 3.35. The molecule has 0 bridgehead atoms. The molecule has 2 N–H and O–H groups in total. The number of likely N-dealkylation sites (tertiary alicyclic amines) is 1. The summed E-state index contributed by atoms with van der Waals surface area (Å²) in [5.41, 5.74) is 2.25. The summed E-state index contributed by atoms with van der Waals surface area (Å²) in [6.07, 6.45) is 0.817. The first-order valence-corrected chi connectivity index (χ1v) is 10.1. The fourth-order valence-electron chi connectivity index (χ4n) is 3.35. The number of nitrogens with zero attached hydrogens (tertiary/aromatic N) is 1. The zero-order chi connectivity index (χ0) is 22.2. The van der Waals surface area contributed by atoms with E-state index >= 15 is 0 Å². The standard InChI is InChI=1S/C23H25N3O5/c1-16(27)24-19-7-9-20(10-8-19)25-21(28)15-31-23(30)18-13-22(29)26(14-18)12-11-17-5-3-2-4-6-17/h2-10,18H,11-15H2,1H3,(H,24,27)(H,25,28)/t18-/m0/s1.